The van der Waals surface area contributed by atoms with Crippen LogP contribution in [0.5, 0.6) is 0 Å². The molecule has 20 heavy (non-hydrogen) atoms. The van der Waals surface area contributed by atoms with Crippen molar-refractivity contribution in [2.45, 2.75) is 52.5 Å². The number of anilines is 1. The molecule has 0 atom stereocenters. The van der Waals surface area contributed by atoms with Gasteiger partial charge in [-0.05, 0) is 43.4 Å². The molecule has 0 amide bonds. The van der Waals surface area contributed by atoms with E-state index in [4.69, 9.17) is 0 Å². The molecule has 2 heteroatoms. The van der Waals surface area contributed by atoms with Gasteiger partial charge in [0.2, 0.25) is 0 Å². The normalized spacial score (nSPS) is 16.6. The molecule has 0 aromatic heterocycles. The van der Waals surface area contributed by atoms with E-state index in [9.17, 15) is 0 Å². The van der Waals surface area contributed by atoms with Gasteiger partial charge >= 0.3 is 0 Å². The standard InChI is InChI=1S/C18H30N2/c1-3-7-16-10-13-20(14-11-16)18-9-6-5-8-17(18)15-19-12-4-2/h5-6,8-9,16,19H,3-4,7,10-15H2,1-2H3. The first-order chi connectivity index (χ1) is 9.85. The summed E-state index contributed by atoms with van der Waals surface area (Å²) >= 11 is 0. The number of rotatable bonds is 7. The molecule has 1 saturated heterocycles. The zero-order valence-electron chi connectivity index (χ0n) is 13.2. The lowest BCUT2D eigenvalue weighted by Crippen LogP contribution is -2.34. The van der Waals surface area contributed by atoms with Gasteiger partial charge < -0.3 is 10.2 Å². The van der Waals surface area contributed by atoms with Gasteiger partial charge in [0, 0.05) is 25.3 Å². The van der Waals surface area contributed by atoms with Crippen LogP contribution in [0.25, 0.3) is 0 Å². The summed E-state index contributed by atoms with van der Waals surface area (Å²) < 4.78 is 0. The fourth-order valence-electron chi connectivity index (χ4n) is 3.24. The van der Waals surface area contributed by atoms with Crippen molar-refractivity contribution in [2.24, 2.45) is 5.92 Å². The average molecular weight is 274 g/mol. The first-order valence-electron chi connectivity index (χ1n) is 8.38. The Bertz CT molecular complexity index is 381. The van der Waals surface area contributed by atoms with Gasteiger partial charge in [0.1, 0.15) is 0 Å². The molecule has 0 aliphatic carbocycles. The van der Waals surface area contributed by atoms with Crippen LogP contribution in [-0.4, -0.2) is 19.6 Å². The molecule has 0 unspecified atom stereocenters. The van der Waals surface area contributed by atoms with Crippen molar-refractivity contribution in [3.8, 4) is 0 Å². The van der Waals surface area contributed by atoms with Crippen LogP contribution in [0.4, 0.5) is 5.69 Å². The average Bonchev–Trinajstić information content (AvgIpc) is 2.49. The van der Waals surface area contributed by atoms with Gasteiger partial charge in [-0.3, -0.25) is 0 Å². The van der Waals surface area contributed by atoms with Crippen molar-refractivity contribution < 1.29 is 0 Å². The molecule has 2 nitrogen and oxygen atoms in total. The summed E-state index contributed by atoms with van der Waals surface area (Å²) in [4.78, 5) is 2.59. The van der Waals surface area contributed by atoms with Crippen LogP contribution in [0.1, 0.15) is 51.5 Å². The van der Waals surface area contributed by atoms with Gasteiger partial charge in [0.05, 0.1) is 0 Å². The molecule has 1 aliphatic heterocycles. The summed E-state index contributed by atoms with van der Waals surface area (Å²) in [6.45, 7) is 9.09. The summed E-state index contributed by atoms with van der Waals surface area (Å²) in [5, 5.41) is 3.53. The SMILES string of the molecule is CCCNCc1ccccc1N1CCC(CCC)CC1. The lowest BCUT2D eigenvalue weighted by Gasteiger charge is -2.34. The highest BCUT2D eigenvalue weighted by atomic mass is 15.1. The van der Waals surface area contributed by atoms with E-state index in [-0.39, 0.29) is 0 Å². The first-order valence-corrected chi connectivity index (χ1v) is 8.38. The number of nitrogens with one attached hydrogen (secondary N) is 1. The quantitative estimate of drug-likeness (QED) is 0.750. The highest BCUT2D eigenvalue weighted by Gasteiger charge is 2.20. The predicted octanol–water partition coefficient (Wildman–Crippen LogP) is 4.20. The van der Waals surface area contributed by atoms with Crippen LogP contribution in [0.15, 0.2) is 24.3 Å². The zero-order valence-corrected chi connectivity index (χ0v) is 13.2. The van der Waals surface area contributed by atoms with Crippen molar-refractivity contribution in [1.29, 1.82) is 0 Å². The van der Waals surface area contributed by atoms with Crippen molar-refractivity contribution >= 4 is 5.69 Å². The maximum absolute atomic E-state index is 3.53. The summed E-state index contributed by atoms with van der Waals surface area (Å²) in [6.07, 6.45) is 6.68. The van der Waals surface area contributed by atoms with Crippen LogP contribution < -0.4 is 10.2 Å². The van der Waals surface area contributed by atoms with Crippen molar-refractivity contribution in [1.82, 2.24) is 5.32 Å². The first kappa shape index (κ1) is 15.4. The fraction of sp³-hybridized carbons (Fsp3) is 0.667. The van der Waals surface area contributed by atoms with Gasteiger partial charge in [0.25, 0.3) is 0 Å². The summed E-state index contributed by atoms with van der Waals surface area (Å²) in [5.74, 6) is 0.960. The zero-order chi connectivity index (χ0) is 14.2. The van der Waals surface area contributed by atoms with E-state index in [0.717, 1.165) is 19.0 Å². The van der Waals surface area contributed by atoms with Gasteiger partial charge in [-0.1, -0.05) is 44.9 Å². The predicted molar refractivity (Wildman–Crippen MR) is 88.3 cm³/mol. The molecule has 2 rings (SSSR count). The van der Waals surface area contributed by atoms with Crippen LogP contribution in [0, 0.1) is 5.92 Å². The van der Waals surface area contributed by atoms with Crippen molar-refractivity contribution in [3.63, 3.8) is 0 Å². The molecule has 1 fully saturated rings. The summed E-state index contributed by atoms with van der Waals surface area (Å²) in [5.41, 5.74) is 2.90. The molecule has 1 aromatic carbocycles. The van der Waals surface area contributed by atoms with Gasteiger partial charge in [0.15, 0.2) is 0 Å². The van der Waals surface area contributed by atoms with Crippen molar-refractivity contribution in [2.75, 3.05) is 24.5 Å². The molecule has 0 spiro atoms. The smallest absolute Gasteiger partial charge is 0.0411 e. The Morgan fingerprint density at radius 3 is 2.55 bits per heavy atom. The maximum atomic E-state index is 3.53. The molecule has 0 radical (unpaired) electrons. The van der Waals surface area contributed by atoms with E-state index < -0.39 is 0 Å². The number of piperidine rings is 1. The van der Waals surface area contributed by atoms with Crippen LogP contribution in [0.2, 0.25) is 0 Å². The molecule has 0 saturated carbocycles. The van der Waals surface area contributed by atoms with Crippen LogP contribution in [0.3, 0.4) is 0 Å². The molecule has 1 aromatic rings. The Morgan fingerprint density at radius 2 is 1.85 bits per heavy atom. The molecule has 0 bridgehead atoms. The fourth-order valence-corrected chi connectivity index (χ4v) is 3.24. The Labute approximate surface area is 124 Å². The molecule has 1 heterocycles. The Morgan fingerprint density at radius 1 is 1.10 bits per heavy atom. The second kappa shape index (κ2) is 8.31. The number of hydrogen-bond donors (Lipinski definition) is 1. The Hall–Kier alpha value is -1.02. The minimum Gasteiger partial charge on any atom is -0.371 e. The summed E-state index contributed by atoms with van der Waals surface area (Å²) in [7, 11) is 0. The van der Waals surface area contributed by atoms with Crippen LogP contribution in [-0.2, 0) is 6.54 Å². The van der Waals surface area contributed by atoms with Gasteiger partial charge in [-0.15, -0.1) is 0 Å². The topological polar surface area (TPSA) is 15.3 Å². The lowest BCUT2D eigenvalue weighted by atomic mass is 9.92. The largest absolute Gasteiger partial charge is 0.371 e. The molecular weight excluding hydrogens is 244 g/mol. The summed E-state index contributed by atoms with van der Waals surface area (Å²) in [6, 6.07) is 8.91. The number of benzene rings is 1. The van der Waals surface area contributed by atoms with E-state index in [1.807, 2.05) is 0 Å². The third-order valence-electron chi connectivity index (χ3n) is 4.39. The van der Waals surface area contributed by atoms with Gasteiger partial charge in [-0.25, -0.2) is 0 Å². The van der Waals surface area contributed by atoms with Crippen LogP contribution >= 0.6 is 0 Å². The Balaban J connectivity index is 1.95. The number of para-hydroxylation sites is 1. The minimum atomic E-state index is 0.960. The van der Waals surface area contributed by atoms with E-state index in [1.165, 1.54) is 56.4 Å². The number of nitrogens with zero attached hydrogens (tertiary/aromatic N) is 1. The molecular formula is C18H30N2. The second-order valence-corrected chi connectivity index (χ2v) is 6.02. The second-order valence-electron chi connectivity index (χ2n) is 6.02. The van der Waals surface area contributed by atoms with E-state index >= 15 is 0 Å². The maximum Gasteiger partial charge on any atom is 0.0411 e. The third kappa shape index (κ3) is 4.24. The highest BCUT2D eigenvalue weighted by Crippen LogP contribution is 2.28. The molecule has 1 aliphatic rings. The highest BCUT2D eigenvalue weighted by molar-refractivity contribution is 5.53. The Kier molecular flexibility index (Phi) is 6.38. The van der Waals surface area contributed by atoms with Gasteiger partial charge in [-0.2, -0.15) is 0 Å². The monoisotopic (exact) mass is 274 g/mol. The number of hydrogen-bond acceptors (Lipinski definition) is 2. The third-order valence-corrected chi connectivity index (χ3v) is 4.39. The minimum absolute atomic E-state index is 0.960. The van der Waals surface area contributed by atoms with E-state index in [2.05, 4.69) is 48.3 Å². The van der Waals surface area contributed by atoms with E-state index in [1.54, 1.807) is 0 Å². The van der Waals surface area contributed by atoms with E-state index in [0.29, 0.717) is 0 Å². The van der Waals surface area contributed by atoms with Crippen molar-refractivity contribution in [3.05, 3.63) is 29.8 Å². The molecule has 112 valence electrons. The molecule has 1 N–H and O–H groups in total. The lowest BCUT2D eigenvalue weighted by molar-refractivity contribution is 0.378.